The molecule has 0 saturated heterocycles. The number of fused-ring (bicyclic) bond motifs is 1. The molecular weight excluding hydrogens is 611 g/mol. The summed E-state index contributed by atoms with van der Waals surface area (Å²) in [5, 5.41) is 20.8. The van der Waals surface area contributed by atoms with Crippen molar-refractivity contribution in [1.82, 2.24) is 4.90 Å². The molecule has 1 aliphatic heterocycles. The van der Waals surface area contributed by atoms with Crippen LogP contribution in [-0.2, 0) is 16.0 Å². The third kappa shape index (κ3) is 6.79. The topological polar surface area (TPSA) is 133 Å². The highest BCUT2D eigenvalue weighted by molar-refractivity contribution is 6.35. The Labute approximate surface area is 253 Å². The fourth-order valence-electron chi connectivity index (χ4n) is 4.49. The van der Waals surface area contributed by atoms with Crippen molar-refractivity contribution in [3.63, 3.8) is 0 Å². The van der Waals surface area contributed by atoms with E-state index in [1.165, 1.54) is 36.4 Å². The van der Waals surface area contributed by atoms with E-state index in [0.29, 0.717) is 9.63 Å². The van der Waals surface area contributed by atoms with Crippen molar-refractivity contribution >= 4 is 41.0 Å². The van der Waals surface area contributed by atoms with Crippen LogP contribution in [-0.4, -0.2) is 42.4 Å². The van der Waals surface area contributed by atoms with Crippen LogP contribution in [0.3, 0.4) is 0 Å². The first kappa shape index (κ1) is 30.0. The Bertz CT molecular complexity index is 1640. The Kier molecular flexibility index (Phi) is 8.66. The van der Waals surface area contributed by atoms with Gasteiger partial charge in [-0.25, -0.2) is 0 Å². The Morgan fingerprint density at radius 2 is 1.77 bits per heavy atom. The standard InChI is InChI=1S/C29H21Cl2F2N3O7/c30-21-11-35(40)12-22(31)20(21)9-24(17-4-6-23(43-29(32)33)25(8-17)41-14-15-1-2-15)42-26(37)13-36-27(38)18-5-3-16(10-34)7-19(18)28(36)39/h3-8,11-12,15,24,29H,1-2,9,13-14H2/t24-/m0/s1. The number of hydrogen-bond acceptors (Lipinski definition) is 8. The van der Waals surface area contributed by atoms with Gasteiger partial charge in [-0.15, -0.1) is 0 Å². The van der Waals surface area contributed by atoms with Gasteiger partial charge in [-0.05, 0) is 54.7 Å². The third-order valence-corrected chi connectivity index (χ3v) is 7.49. The summed E-state index contributed by atoms with van der Waals surface area (Å²) in [5.74, 6) is -2.46. The van der Waals surface area contributed by atoms with Crippen molar-refractivity contribution in [1.29, 1.82) is 5.26 Å². The molecule has 1 aromatic heterocycles. The van der Waals surface area contributed by atoms with Crippen molar-refractivity contribution in [2.45, 2.75) is 32.0 Å². The van der Waals surface area contributed by atoms with Gasteiger partial charge in [0.25, 0.3) is 11.8 Å². The lowest BCUT2D eigenvalue weighted by atomic mass is 10.0. The Morgan fingerprint density at radius 1 is 1.07 bits per heavy atom. The molecule has 1 atom stereocenters. The first-order valence-corrected chi connectivity index (χ1v) is 13.7. The maximum atomic E-state index is 13.2. The first-order chi connectivity index (χ1) is 20.5. The van der Waals surface area contributed by atoms with Crippen LogP contribution < -0.4 is 14.2 Å². The summed E-state index contributed by atoms with van der Waals surface area (Å²) in [6.45, 7) is -3.62. The third-order valence-electron chi connectivity index (χ3n) is 6.84. The quantitative estimate of drug-likeness (QED) is 0.125. The predicted octanol–water partition coefficient (Wildman–Crippen LogP) is 5.01. The second kappa shape index (κ2) is 12.4. The minimum atomic E-state index is -3.12. The molecule has 0 spiro atoms. The van der Waals surface area contributed by atoms with Gasteiger partial charge in [0.2, 0.25) is 0 Å². The number of carbonyl (C=O) groups is 3. The van der Waals surface area contributed by atoms with Crippen LogP contribution >= 0.6 is 23.2 Å². The van der Waals surface area contributed by atoms with Gasteiger partial charge in [-0.2, -0.15) is 18.8 Å². The van der Waals surface area contributed by atoms with Crippen LogP contribution in [0.2, 0.25) is 10.0 Å². The number of halogens is 4. The SMILES string of the molecule is N#Cc1ccc2c(c1)C(=O)N(CC(=O)O[C@@H](Cc1c(Cl)c[n+]([O-])cc1Cl)c1ccc(OC(F)F)c(OCC3CC3)c1)C2=O. The van der Waals surface area contributed by atoms with Crippen LogP contribution in [0.4, 0.5) is 8.78 Å². The van der Waals surface area contributed by atoms with Crippen molar-refractivity contribution in [3.8, 4) is 17.6 Å². The molecule has 0 bridgehead atoms. The highest BCUT2D eigenvalue weighted by Crippen LogP contribution is 2.38. The van der Waals surface area contributed by atoms with E-state index in [1.807, 2.05) is 6.07 Å². The number of nitriles is 1. The maximum absolute atomic E-state index is 13.2. The zero-order chi connectivity index (χ0) is 30.8. The summed E-state index contributed by atoms with van der Waals surface area (Å²) in [6.07, 6.45) is 2.62. The van der Waals surface area contributed by atoms with E-state index in [1.54, 1.807) is 0 Å². The lowest BCUT2D eigenvalue weighted by Crippen LogP contribution is -2.36. The van der Waals surface area contributed by atoms with Crippen LogP contribution in [0.1, 0.15) is 56.4 Å². The fraction of sp³-hybridized carbons (Fsp3) is 0.276. The summed E-state index contributed by atoms with van der Waals surface area (Å²) in [4.78, 5) is 39.7. The summed E-state index contributed by atoms with van der Waals surface area (Å²) in [6, 6.07) is 9.85. The van der Waals surface area contributed by atoms with Crippen LogP contribution in [0.15, 0.2) is 48.8 Å². The highest BCUT2D eigenvalue weighted by Gasteiger charge is 2.38. The Morgan fingerprint density at radius 3 is 2.42 bits per heavy atom. The molecule has 0 N–H and O–H groups in total. The van der Waals surface area contributed by atoms with Crippen molar-refractivity contribution < 1.29 is 42.1 Å². The minimum absolute atomic E-state index is 0.0120. The van der Waals surface area contributed by atoms with E-state index in [2.05, 4.69) is 4.74 Å². The molecule has 0 unspecified atom stereocenters. The van der Waals surface area contributed by atoms with Crippen molar-refractivity contribution in [2.75, 3.05) is 13.2 Å². The molecule has 2 aliphatic rings. The number of alkyl halides is 2. The van der Waals surface area contributed by atoms with Crippen LogP contribution in [0.25, 0.3) is 0 Å². The van der Waals surface area contributed by atoms with Gasteiger partial charge >= 0.3 is 12.6 Å². The molecule has 43 heavy (non-hydrogen) atoms. The number of hydrogen-bond donors (Lipinski definition) is 0. The number of pyridine rings is 1. The molecule has 222 valence electrons. The lowest BCUT2D eigenvalue weighted by Gasteiger charge is -2.22. The summed E-state index contributed by atoms with van der Waals surface area (Å²) in [7, 11) is 0. The molecule has 2 heterocycles. The molecular formula is C29H21Cl2F2N3O7. The van der Waals surface area contributed by atoms with Gasteiger partial charge < -0.3 is 19.4 Å². The van der Waals surface area contributed by atoms with E-state index in [-0.39, 0.29) is 68.3 Å². The normalized spacial score (nSPS) is 14.8. The number of esters is 1. The molecule has 2 aromatic carbocycles. The molecule has 1 saturated carbocycles. The number of imide groups is 1. The van der Waals surface area contributed by atoms with E-state index >= 15 is 0 Å². The lowest BCUT2D eigenvalue weighted by molar-refractivity contribution is -0.605. The van der Waals surface area contributed by atoms with Crippen molar-refractivity contribution in [3.05, 3.63) is 91.9 Å². The van der Waals surface area contributed by atoms with Crippen LogP contribution in [0.5, 0.6) is 11.5 Å². The predicted molar refractivity (Wildman–Crippen MR) is 146 cm³/mol. The molecule has 1 aliphatic carbocycles. The number of aromatic nitrogens is 1. The average molecular weight is 632 g/mol. The van der Waals surface area contributed by atoms with Gasteiger partial charge in [0.1, 0.15) is 22.7 Å². The molecule has 10 nitrogen and oxygen atoms in total. The minimum Gasteiger partial charge on any atom is -0.619 e. The number of ether oxygens (including phenoxy) is 3. The van der Waals surface area contributed by atoms with Gasteiger partial charge in [0.05, 0.1) is 29.4 Å². The van der Waals surface area contributed by atoms with Gasteiger partial charge in [-0.3, -0.25) is 19.3 Å². The van der Waals surface area contributed by atoms with Crippen LogP contribution in [0, 0.1) is 22.5 Å². The van der Waals surface area contributed by atoms with E-state index in [0.717, 1.165) is 25.2 Å². The van der Waals surface area contributed by atoms with E-state index < -0.39 is 37.0 Å². The monoisotopic (exact) mass is 631 g/mol. The van der Waals surface area contributed by atoms with Gasteiger partial charge in [0.15, 0.2) is 23.9 Å². The summed E-state index contributed by atoms with van der Waals surface area (Å²) in [5.41, 5.74) is 0.696. The maximum Gasteiger partial charge on any atom is 0.387 e. The molecule has 1 fully saturated rings. The second-order valence-electron chi connectivity index (χ2n) is 9.88. The number of amides is 2. The Balaban J connectivity index is 1.43. The fourth-order valence-corrected chi connectivity index (χ4v) is 5.09. The number of nitrogens with zero attached hydrogens (tertiary/aromatic N) is 3. The zero-order valence-corrected chi connectivity index (χ0v) is 23.6. The molecule has 0 radical (unpaired) electrons. The number of carbonyl (C=O) groups excluding carboxylic acids is 3. The number of benzene rings is 2. The molecule has 2 amide bonds. The summed E-state index contributed by atoms with van der Waals surface area (Å²) >= 11 is 12.5. The zero-order valence-electron chi connectivity index (χ0n) is 22.1. The van der Waals surface area contributed by atoms with E-state index in [9.17, 15) is 28.4 Å². The van der Waals surface area contributed by atoms with Gasteiger partial charge in [-0.1, -0.05) is 29.3 Å². The summed E-state index contributed by atoms with van der Waals surface area (Å²) < 4.78 is 42.6. The molecule has 3 aromatic rings. The Hall–Kier alpha value is -4.47. The molecule has 5 rings (SSSR count). The van der Waals surface area contributed by atoms with Crippen molar-refractivity contribution in [2.24, 2.45) is 5.92 Å². The first-order valence-electron chi connectivity index (χ1n) is 12.9. The van der Waals surface area contributed by atoms with E-state index in [4.69, 9.17) is 37.9 Å². The second-order valence-corrected chi connectivity index (χ2v) is 10.7. The molecule has 14 heteroatoms. The van der Waals surface area contributed by atoms with Gasteiger partial charge in [0, 0.05) is 12.0 Å². The largest absolute Gasteiger partial charge is 0.619 e. The average Bonchev–Trinajstić information content (AvgIpc) is 3.76. The smallest absolute Gasteiger partial charge is 0.387 e. The highest BCUT2D eigenvalue weighted by atomic mass is 35.5. The number of rotatable bonds is 11.